The molecule has 17 heavy (non-hydrogen) atoms. The molecule has 1 heterocycles. The van der Waals surface area contributed by atoms with E-state index in [2.05, 4.69) is 10.3 Å². The van der Waals surface area contributed by atoms with Crippen LogP contribution in [0.1, 0.15) is 12.8 Å². The number of hydrogen-bond donors (Lipinski definition) is 3. The lowest BCUT2D eigenvalue weighted by molar-refractivity contribution is 0.373. The number of pyridine rings is 1. The maximum atomic E-state index is 11.8. The standard InChI is InChI=1S/C13H15N3O/c14-9-6-10(7-9)15-12-5-8-3-1-2-4-11(8)13(17)16-12/h1-5,9-10H,6-7,14H2,(H2,15,16,17). The minimum Gasteiger partial charge on any atom is -0.369 e. The molecular formula is C13H15N3O. The first-order valence-corrected chi connectivity index (χ1v) is 5.86. The molecule has 4 heteroatoms. The maximum Gasteiger partial charge on any atom is 0.257 e. The molecule has 1 saturated carbocycles. The van der Waals surface area contributed by atoms with Crippen molar-refractivity contribution in [2.75, 3.05) is 5.32 Å². The Bertz CT molecular complexity index is 599. The summed E-state index contributed by atoms with van der Waals surface area (Å²) >= 11 is 0. The van der Waals surface area contributed by atoms with Crippen LogP contribution in [0.4, 0.5) is 5.82 Å². The molecule has 0 spiro atoms. The Balaban J connectivity index is 1.93. The van der Waals surface area contributed by atoms with Gasteiger partial charge in [-0.2, -0.15) is 0 Å². The molecule has 0 radical (unpaired) electrons. The fraction of sp³-hybridized carbons (Fsp3) is 0.308. The van der Waals surface area contributed by atoms with Crippen LogP contribution in [-0.2, 0) is 0 Å². The van der Waals surface area contributed by atoms with Gasteiger partial charge >= 0.3 is 0 Å². The predicted octanol–water partition coefficient (Wildman–Crippen LogP) is 1.43. The van der Waals surface area contributed by atoms with E-state index in [-0.39, 0.29) is 5.56 Å². The molecule has 4 nitrogen and oxygen atoms in total. The van der Waals surface area contributed by atoms with Gasteiger partial charge in [0.2, 0.25) is 0 Å². The molecule has 1 fully saturated rings. The van der Waals surface area contributed by atoms with Crippen LogP contribution in [0, 0.1) is 0 Å². The average molecular weight is 229 g/mol. The molecule has 0 amide bonds. The van der Waals surface area contributed by atoms with Gasteiger partial charge in [0.05, 0.1) is 0 Å². The van der Waals surface area contributed by atoms with Crippen LogP contribution in [0.5, 0.6) is 0 Å². The van der Waals surface area contributed by atoms with Crippen molar-refractivity contribution in [2.45, 2.75) is 24.9 Å². The minimum absolute atomic E-state index is 0.0470. The Labute approximate surface area is 98.8 Å². The fourth-order valence-corrected chi connectivity index (χ4v) is 2.29. The van der Waals surface area contributed by atoms with Crippen LogP contribution < -0.4 is 16.6 Å². The van der Waals surface area contributed by atoms with Crippen LogP contribution in [0.25, 0.3) is 10.8 Å². The van der Waals surface area contributed by atoms with Gasteiger partial charge in [-0.15, -0.1) is 0 Å². The van der Waals surface area contributed by atoms with Crippen LogP contribution in [0.2, 0.25) is 0 Å². The molecule has 0 saturated heterocycles. The zero-order valence-electron chi connectivity index (χ0n) is 9.44. The number of nitrogens with one attached hydrogen (secondary N) is 2. The van der Waals surface area contributed by atoms with E-state index >= 15 is 0 Å². The summed E-state index contributed by atoms with van der Waals surface area (Å²) in [5, 5.41) is 4.99. The Morgan fingerprint density at radius 2 is 2.06 bits per heavy atom. The summed E-state index contributed by atoms with van der Waals surface area (Å²) in [6, 6.07) is 10.3. The fourth-order valence-electron chi connectivity index (χ4n) is 2.29. The van der Waals surface area contributed by atoms with Crippen molar-refractivity contribution in [2.24, 2.45) is 5.73 Å². The molecule has 0 bridgehead atoms. The zero-order valence-corrected chi connectivity index (χ0v) is 9.44. The Kier molecular flexibility index (Phi) is 2.37. The third kappa shape index (κ3) is 1.91. The molecule has 1 aliphatic rings. The first-order chi connectivity index (χ1) is 8.22. The van der Waals surface area contributed by atoms with E-state index in [9.17, 15) is 4.79 Å². The average Bonchev–Trinajstić information content (AvgIpc) is 2.27. The number of nitrogens with two attached hydrogens (primary N) is 1. The van der Waals surface area contributed by atoms with E-state index in [4.69, 9.17) is 5.73 Å². The van der Waals surface area contributed by atoms with Gasteiger partial charge in [-0.3, -0.25) is 4.79 Å². The highest BCUT2D eigenvalue weighted by Gasteiger charge is 2.25. The van der Waals surface area contributed by atoms with Crippen molar-refractivity contribution in [3.63, 3.8) is 0 Å². The summed E-state index contributed by atoms with van der Waals surface area (Å²) in [5.74, 6) is 0.783. The second-order valence-corrected chi connectivity index (χ2v) is 4.67. The second-order valence-electron chi connectivity index (χ2n) is 4.67. The second kappa shape index (κ2) is 3.89. The summed E-state index contributed by atoms with van der Waals surface area (Å²) in [5.41, 5.74) is 5.68. The lowest BCUT2D eigenvalue weighted by atomic mass is 9.88. The van der Waals surface area contributed by atoms with Crippen molar-refractivity contribution < 1.29 is 0 Å². The number of benzene rings is 1. The highest BCUT2D eigenvalue weighted by Crippen LogP contribution is 2.22. The molecule has 0 unspecified atom stereocenters. The first kappa shape index (κ1) is 10.4. The Morgan fingerprint density at radius 3 is 2.82 bits per heavy atom. The highest BCUT2D eigenvalue weighted by atomic mass is 16.1. The SMILES string of the molecule is NC1CC(Nc2cc3ccccc3c(=O)[nH]2)C1. The van der Waals surface area contributed by atoms with Crippen LogP contribution in [0.15, 0.2) is 35.1 Å². The monoisotopic (exact) mass is 229 g/mol. The Morgan fingerprint density at radius 1 is 1.29 bits per heavy atom. The van der Waals surface area contributed by atoms with E-state index in [0.29, 0.717) is 12.1 Å². The van der Waals surface area contributed by atoms with Crippen molar-refractivity contribution in [3.05, 3.63) is 40.7 Å². The smallest absolute Gasteiger partial charge is 0.257 e. The largest absolute Gasteiger partial charge is 0.369 e. The van der Waals surface area contributed by atoms with Crippen LogP contribution in [-0.4, -0.2) is 17.1 Å². The number of hydrogen-bond acceptors (Lipinski definition) is 3. The maximum absolute atomic E-state index is 11.8. The van der Waals surface area contributed by atoms with Crippen molar-refractivity contribution >= 4 is 16.6 Å². The number of rotatable bonds is 2. The molecule has 1 aliphatic carbocycles. The molecule has 88 valence electrons. The number of H-pyrrole nitrogens is 1. The van der Waals surface area contributed by atoms with E-state index < -0.39 is 0 Å². The molecular weight excluding hydrogens is 214 g/mol. The van der Waals surface area contributed by atoms with E-state index in [0.717, 1.165) is 29.4 Å². The topological polar surface area (TPSA) is 70.9 Å². The quantitative estimate of drug-likeness (QED) is 0.729. The molecule has 3 rings (SSSR count). The molecule has 0 atom stereocenters. The van der Waals surface area contributed by atoms with Gasteiger partial charge < -0.3 is 16.0 Å². The van der Waals surface area contributed by atoms with Gasteiger partial charge in [0.15, 0.2) is 0 Å². The summed E-state index contributed by atoms with van der Waals surface area (Å²) in [4.78, 5) is 14.7. The van der Waals surface area contributed by atoms with Crippen molar-refractivity contribution in [3.8, 4) is 0 Å². The number of anilines is 1. The highest BCUT2D eigenvalue weighted by molar-refractivity contribution is 5.83. The third-order valence-corrected chi connectivity index (χ3v) is 3.29. The Hall–Kier alpha value is -1.81. The first-order valence-electron chi connectivity index (χ1n) is 5.86. The van der Waals surface area contributed by atoms with E-state index in [1.54, 1.807) is 0 Å². The lowest BCUT2D eigenvalue weighted by Gasteiger charge is -2.33. The van der Waals surface area contributed by atoms with Crippen molar-refractivity contribution in [1.82, 2.24) is 4.98 Å². The van der Waals surface area contributed by atoms with Gasteiger partial charge in [-0.05, 0) is 30.4 Å². The van der Waals surface area contributed by atoms with E-state index in [1.807, 2.05) is 30.3 Å². The van der Waals surface area contributed by atoms with Crippen LogP contribution in [0.3, 0.4) is 0 Å². The summed E-state index contributed by atoms with van der Waals surface area (Å²) < 4.78 is 0. The third-order valence-electron chi connectivity index (χ3n) is 3.29. The summed E-state index contributed by atoms with van der Waals surface area (Å²) in [6.45, 7) is 0. The molecule has 1 aromatic heterocycles. The van der Waals surface area contributed by atoms with Gasteiger partial charge in [0.25, 0.3) is 5.56 Å². The lowest BCUT2D eigenvalue weighted by Crippen LogP contribution is -2.44. The molecule has 2 aromatic rings. The van der Waals surface area contributed by atoms with Gasteiger partial charge in [0.1, 0.15) is 5.82 Å². The molecule has 1 aromatic carbocycles. The number of aromatic amines is 1. The molecule has 0 aliphatic heterocycles. The predicted molar refractivity (Wildman–Crippen MR) is 69.2 cm³/mol. The summed E-state index contributed by atoms with van der Waals surface area (Å²) in [6.07, 6.45) is 1.93. The van der Waals surface area contributed by atoms with Crippen LogP contribution >= 0.6 is 0 Å². The number of aromatic nitrogens is 1. The minimum atomic E-state index is -0.0470. The normalized spacial score (nSPS) is 23.4. The zero-order chi connectivity index (χ0) is 11.8. The van der Waals surface area contributed by atoms with Gasteiger partial charge in [-0.25, -0.2) is 0 Å². The van der Waals surface area contributed by atoms with Crippen molar-refractivity contribution in [1.29, 1.82) is 0 Å². The number of fused-ring (bicyclic) bond motifs is 1. The summed E-state index contributed by atoms with van der Waals surface area (Å²) in [7, 11) is 0. The van der Waals surface area contributed by atoms with Gasteiger partial charge in [-0.1, -0.05) is 18.2 Å². The van der Waals surface area contributed by atoms with E-state index in [1.165, 1.54) is 0 Å². The molecule has 4 N–H and O–H groups in total. The van der Waals surface area contributed by atoms with Gasteiger partial charge in [0, 0.05) is 17.5 Å².